The van der Waals surface area contributed by atoms with Crippen LogP contribution in [-0.4, -0.2) is 34.7 Å². The van der Waals surface area contributed by atoms with Gasteiger partial charge in [0.15, 0.2) is 0 Å². The maximum absolute atomic E-state index is 12.6. The van der Waals surface area contributed by atoms with Crippen molar-refractivity contribution in [2.45, 2.75) is 26.9 Å². The molecule has 0 radical (unpaired) electrons. The molecule has 0 aliphatic rings. The first-order valence-corrected chi connectivity index (χ1v) is 9.13. The van der Waals surface area contributed by atoms with Crippen molar-refractivity contribution in [2.24, 2.45) is 0 Å². The van der Waals surface area contributed by atoms with Crippen molar-refractivity contribution in [3.05, 3.63) is 69.1 Å². The molecule has 0 bridgehead atoms. The number of likely N-dealkylation sites (N-methyl/N-ethyl adjacent to an activating group) is 1. The maximum atomic E-state index is 12.6. The monoisotopic (exact) mass is 390 g/mol. The Morgan fingerprint density at radius 3 is 2.59 bits per heavy atom. The second-order valence-corrected chi connectivity index (χ2v) is 6.96. The molecule has 1 heterocycles. The van der Waals surface area contributed by atoms with E-state index >= 15 is 0 Å². The first kappa shape index (κ1) is 20.1. The van der Waals surface area contributed by atoms with E-state index in [4.69, 9.17) is 4.74 Å². The van der Waals surface area contributed by atoms with Crippen molar-refractivity contribution < 1.29 is 9.53 Å². The molecule has 0 aliphatic carbocycles. The number of hydrogen-bond donors (Lipinski definition) is 0. The van der Waals surface area contributed by atoms with Gasteiger partial charge in [-0.25, -0.2) is 4.68 Å². The van der Waals surface area contributed by atoms with Gasteiger partial charge in [0.2, 0.25) is 5.91 Å². The van der Waals surface area contributed by atoms with E-state index in [0.717, 1.165) is 26.8 Å². The lowest BCUT2D eigenvalue weighted by atomic mass is 10.1. The summed E-state index contributed by atoms with van der Waals surface area (Å²) in [5.41, 5.74) is 1.55. The molecule has 1 amide bonds. The highest BCUT2D eigenvalue weighted by atomic mass is 16.5. The fourth-order valence-electron chi connectivity index (χ4n) is 3.12. The van der Waals surface area contributed by atoms with Crippen molar-refractivity contribution in [2.75, 3.05) is 14.2 Å². The zero-order valence-corrected chi connectivity index (χ0v) is 16.9. The number of nitriles is 1. The quantitative estimate of drug-likeness (QED) is 0.668. The first-order chi connectivity index (χ1) is 13.8. The Labute approximate surface area is 168 Å². The molecule has 1 aromatic heterocycles. The van der Waals surface area contributed by atoms with E-state index in [0.29, 0.717) is 17.8 Å². The molecule has 0 fully saturated rings. The van der Waals surface area contributed by atoms with E-state index in [2.05, 4.69) is 5.10 Å². The van der Waals surface area contributed by atoms with Crippen LogP contribution in [-0.2, 0) is 17.9 Å². The molecule has 0 unspecified atom stereocenters. The Hall–Kier alpha value is -3.66. The van der Waals surface area contributed by atoms with Crippen LogP contribution >= 0.6 is 0 Å². The normalized spacial score (nSPS) is 10.6. The van der Waals surface area contributed by atoms with Gasteiger partial charge in [0.1, 0.15) is 23.9 Å². The van der Waals surface area contributed by atoms with Crippen LogP contribution < -0.4 is 10.3 Å². The summed E-state index contributed by atoms with van der Waals surface area (Å²) in [6, 6.07) is 13.7. The molecule has 3 aromatic rings. The largest absolute Gasteiger partial charge is 0.497 e. The van der Waals surface area contributed by atoms with Crippen molar-refractivity contribution in [1.82, 2.24) is 14.7 Å². The molecule has 2 aromatic carbocycles. The summed E-state index contributed by atoms with van der Waals surface area (Å²) in [5, 5.41) is 15.5. The van der Waals surface area contributed by atoms with E-state index in [1.54, 1.807) is 32.9 Å². The van der Waals surface area contributed by atoms with E-state index in [-0.39, 0.29) is 18.0 Å². The Kier molecular flexibility index (Phi) is 5.64. The molecular formula is C22H22N4O3. The van der Waals surface area contributed by atoms with E-state index in [1.807, 2.05) is 42.5 Å². The van der Waals surface area contributed by atoms with Crippen LogP contribution in [0.25, 0.3) is 10.8 Å². The Bertz CT molecular complexity index is 1190. The molecule has 7 nitrogen and oxygen atoms in total. The number of carbonyl (C=O) groups excluding carboxylic acids is 1. The van der Waals surface area contributed by atoms with Gasteiger partial charge >= 0.3 is 0 Å². The van der Waals surface area contributed by atoms with Gasteiger partial charge < -0.3 is 9.64 Å². The lowest BCUT2D eigenvalue weighted by Gasteiger charge is -2.18. The molecule has 0 saturated heterocycles. The minimum atomic E-state index is -0.544. The predicted octanol–water partition coefficient (Wildman–Crippen LogP) is 2.55. The van der Waals surface area contributed by atoms with Gasteiger partial charge in [0.25, 0.3) is 5.56 Å². The summed E-state index contributed by atoms with van der Waals surface area (Å²) in [6.07, 6.45) is 0. The third-order valence-electron chi connectivity index (χ3n) is 4.99. The van der Waals surface area contributed by atoms with Crippen molar-refractivity contribution in [3.8, 4) is 11.8 Å². The molecule has 0 spiro atoms. The fourth-order valence-corrected chi connectivity index (χ4v) is 3.12. The Morgan fingerprint density at radius 2 is 1.90 bits per heavy atom. The lowest BCUT2D eigenvalue weighted by Crippen LogP contribution is -2.36. The standard InChI is InChI=1S/C22H22N4O3/c1-14-15(2)24-26(22(28)20(14)11-23)13-21(27)25(3)12-16-5-6-18-10-19(29-4)8-7-17(18)9-16/h5-10H,12-13H2,1-4H3. The smallest absolute Gasteiger partial charge is 0.285 e. The molecule has 0 saturated carbocycles. The van der Waals surface area contributed by atoms with Crippen molar-refractivity contribution >= 4 is 16.7 Å². The van der Waals surface area contributed by atoms with Gasteiger partial charge in [0.05, 0.1) is 12.8 Å². The number of methoxy groups -OCH3 is 1. The zero-order valence-electron chi connectivity index (χ0n) is 16.9. The molecule has 0 N–H and O–H groups in total. The minimum Gasteiger partial charge on any atom is -0.497 e. The Morgan fingerprint density at radius 1 is 1.21 bits per heavy atom. The third-order valence-corrected chi connectivity index (χ3v) is 4.99. The van der Waals surface area contributed by atoms with E-state index in [1.165, 1.54) is 0 Å². The molecule has 0 atom stereocenters. The number of nitrogens with zero attached hydrogens (tertiary/aromatic N) is 4. The Balaban J connectivity index is 1.78. The number of hydrogen-bond acceptors (Lipinski definition) is 5. The van der Waals surface area contributed by atoms with Crippen LogP contribution in [0.4, 0.5) is 0 Å². The minimum absolute atomic E-state index is 0.0258. The van der Waals surface area contributed by atoms with Crippen LogP contribution in [0.1, 0.15) is 22.4 Å². The number of benzene rings is 2. The number of amides is 1. The van der Waals surface area contributed by atoms with Crippen LogP contribution in [0, 0.1) is 25.2 Å². The molecule has 29 heavy (non-hydrogen) atoms. The van der Waals surface area contributed by atoms with Gasteiger partial charge in [0, 0.05) is 13.6 Å². The van der Waals surface area contributed by atoms with Crippen LogP contribution in [0.3, 0.4) is 0 Å². The number of aromatic nitrogens is 2. The fraction of sp³-hybridized carbons (Fsp3) is 0.273. The van der Waals surface area contributed by atoms with Crippen LogP contribution in [0.5, 0.6) is 5.75 Å². The summed E-state index contributed by atoms with van der Waals surface area (Å²) < 4.78 is 6.30. The van der Waals surface area contributed by atoms with Crippen LogP contribution in [0.15, 0.2) is 41.2 Å². The number of rotatable bonds is 5. The highest BCUT2D eigenvalue weighted by molar-refractivity contribution is 5.84. The predicted molar refractivity (Wildman–Crippen MR) is 110 cm³/mol. The lowest BCUT2D eigenvalue weighted by molar-refractivity contribution is -0.131. The topological polar surface area (TPSA) is 88.2 Å². The van der Waals surface area contributed by atoms with Crippen molar-refractivity contribution in [3.63, 3.8) is 0 Å². The SMILES string of the molecule is COc1ccc2cc(CN(C)C(=O)Cn3nc(C)c(C)c(C#N)c3=O)ccc2c1. The number of carbonyl (C=O) groups is 1. The molecule has 148 valence electrons. The van der Waals surface area contributed by atoms with Gasteiger partial charge in [-0.3, -0.25) is 9.59 Å². The summed E-state index contributed by atoms with van der Waals surface area (Å²) >= 11 is 0. The second kappa shape index (κ2) is 8.15. The summed E-state index contributed by atoms with van der Waals surface area (Å²) in [4.78, 5) is 26.6. The zero-order chi connectivity index (χ0) is 21.1. The average molecular weight is 390 g/mol. The summed E-state index contributed by atoms with van der Waals surface area (Å²) in [6.45, 7) is 3.57. The summed E-state index contributed by atoms with van der Waals surface area (Å²) in [5.74, 6) is 0.530. The van der Waals surface area contributed by atoms with E-state index < -0.39 is 5.56 Å². The van der Waals surface area contributed by atoms with Crippen LogP contribution in [0.2, 0.25) is 0 Å². The number of aryl methyl sites for hydroxylation is 1. The molecule has 3 rings (SSSR count). The second-order valence-electron chi connectivity index (χ2n) is 6.96. The van der Waals surface area contributed by atoms with Gasteiger partial charge in [-0.15, -0.1) is 0 Å². The maximum Gasteiger partial charge on any atom is 0.285 e. The van der Waals surface area contributed by atoms with Gasteiger partial charge in [-0.2, -0.15) is 10.4 Å². The van der Waals surface area contributed by atoms with E-state index in [9.17, 15) is 14.9 Å². The average Bonchev–Trinajstić information content (AvgIpc) is 2.71. The molecular weight excluding hydrogens is 368 g/mol. The third kappa shape index (κ3) is 4.11. The molecule has 0 aliphatic heterocycles. The number of ether oxygens (including phenoxy) is 1. The highest BCUT2D eigenvalue weighted by Gasteiger charge is 2.16. The first-order valence-electron chi connectivity index (χ1n) is 9.13. The molecule has 7 heteroatoms. The van der Waals surface area contributed by atoms with Gasteiger partial charge in [-0.1, -0.05) is 18.2 Å². The highest BCUT2D eigenvalue weighted by Crippen LogP contribution is 2.22. The van der Waals surface area contributed by atoms with Crippen molar-refractivity contribution in [1.29, 1.82) is 5.26 Å². The van der Waals surface area contributed by atoms with Gasteiger partial charge in [-0.05, 0) is 53.9 Å². The summed E-state index contributed by atoms with van der Waals surface area (Å²) in [7, 11) is 3.31. The number of fused-ring (bicyclic) bond motifs is 1.